The average molecular weight is 491 g/mol. The smallest absolute Gasteiger partial charge is 0.217 e. The standard InChI is InChI=1S/C26H54N2O6/c1-20(2)13-16-32-25(5,6)18-21(19-26(7,8)33-17-14-24(3,4)31)34-23(30)28-15-11-9-10-12-22(27)29/h20-21,23,28,30-31H,9-19H2,1-8H3,(H2,27,29). The van der Waals surface area contributed by atoms with Crippen LogP contribution in [0.1, 0.15) is 107 Å². The van der Waals surface area contributed by atoms with Crippen LogP contribution in [0.25, 0.3) is 0 Å². The molecule has 0 aromatic heterocycles. The van der Waals surface area contributed by atoms with Crippen molar-refractivity contribution in [1.82, 2.24) is 5.32 Å². The van der Waals surface area contributed by atoms with E-state index in [1.54, 1.807) is 13.8 Å². The van der Waals surface area contributed by atoms with Gasteiger partial charge in [-0.3, -0.25) is 10.1 Å². The van der Waals surface area contributed by atoms with Gasteiger partial charge in [0.2, 0.25) is 12.3 Å². The van der Waals surface area contributed by atoms with E-state index in [1.165, 1.54) is 0 Å². The van der Waals surface area contributed by atoms with E-state index in [0.717, 1.165) is 25.7 Å². The number of amides is 1. The first-order valence-corrected chi connectivity index (χ1v) is 12.9. The molecule has 5 N–H and O–H groups in total. The number of aliphatic hydroxyl groups excluding tert-OH is 1. The van der Waals surface area contributed by atoms with E-state index in [-0.39, 0.29) is 12.0 Å². The molecule has 204 valence electrons. The lowest BCUT2D eigenvalue weighted by atomic mass is 9.92. The molecule has 8 heteroatoms. The fourth-order valence-electron chi connectivity index (χ4n) is 3.59. The number of carbonyl (C=O) groups excluding carboxylic acids is 1. The largest absolute Gasteiger partial charge is 0.390 e. The van der Waals surface area contributed by atoms with Crippen molar-refractivity contribution < 1.29 is 29.2 Å². The summed E-state index contributed by atoms with van der Waals surface area (Å²) in [6.07, 6.45) is 4.06. The Morgan fingerprint density at radius 2 is 1.50 bits per heavy atom. The molecule has 0 saturated carbocycles. The monoisotopic (exact) mass is 490 g/mol. The predicted octanol–water partition coefficient (Wildman–Crippen LogP) is 3.86. The van der Waals surface area contributed by atoms with Crippen molar-refractivity contribution >= 4 is 5.91 Å². The number of nitrogens with one attached hydrogen (secondary N) is 1. The van der Waals surface area contributed by atoms with Gasteiger partial charge in [-0.25, -0.2) is 0 Å². The SMILES string of the molecule is CC(C)CCOC(C)(C)CC(CC(C)(C)OCCC(C)(C)O)OC(O)NCCCCCC(N)=O. The molecule has 0 saturated heterocycles. The summed E-state index contributed by atoms with van der Waals surface area (Å²) in [6.45, 7) is 17.7. The first-order valence-electron chi connectivity index (χ1n) is 12.9. The number of hydrogen-bond donors (Lipinski definition) is 4. The molecular weight excluding hydrogens is 436 g/mol. The number of primary amides is 1. The molecule has 0 rings (SSSR count). The Morgan fingerprint density at radius 1 is 0.941 bits per heavy atom. The van der Waals surface area contributed by atoms with Crippen LogP contribution in [0.3, 0.4) is 0 Å². The van der Waals surface area contributed by atoms with Crippen molar-refractivity contribution in [2.75, 3.05) is 19.8 Å². The molecule has 0 bridgehead atoms. The third-order valence-corrected chi connectivity index (χ3v) is 5.57. The Kier molecular flexibility index (Phi) is 15.7. The molecule has 0 aliphatic carbocycles. The van der Waals surface area contributed by atoms with E-state index in [0.29, 0.717) is 51.4 Å². The maximum absolute atomic E-state index is 10.8. The molecule has 0 spiro atoms. The minimum Gasteiger partial charge on any atom is -0.390 e. The lowest BCUT2D eigenvalue weighted by Gasteiger charge is -2.36. The molecule has 2 unspecified atom stereocenters. The lowest BCUT2D eigenvalue weighted by molar-refractivity contribution is -0.187. The minimum absolute atomic E-state index is 0.287. The summed E-state index contributed by atoms with van der Waals surface area (Å²) < 4.78 is 18.2. The highest BCUT2D eigenvalue weighted by molar-refractivity contribution is 5.73. The number of rotatable bonds is 21. The van der Waals surface area contributed by atoms with Gasteiger partial charge in [-0.05, 0) is 79.7 Å². The zero-order chi connectivity index (χ0) is 26.4. The van der Waals surface area contributed by atoms with E-state index in [2.05, 4.69) is 19.2 Å². The maximum atomic E-state index is 10.8. The fraction of sp³-hybridized carbons (Fsp3) is 0.962. The van der Waals surface area contributed by atoms with Gasteiger partial charge in [0.25, 0.3) is 0 Å². The van der Waals surface area contributed by atoms with E-state index in [4.69, 9.17) is 19.9 Å². The second kappa shape index (κ2) is 16.1. The van der Waals surface area contributed by atoms with Gasteiger partial charge < -0.3 is 30.2 Å². The van der Waals surface area contributed by atoms with Crippen molar-refractivity contribution in [2.45, 2.75) is 136 Å². The van der Waals surface area contributed by atoms with E-state index < -0.39 is 23.2 Å². The summed E-state index contributed by atoms with van der Waals surface area (Å²) >= 11 is 0. The molecule has 0 radical (unpaired) electrons. The second-order valence-corrected chi connectivity index (χ2v) is 11.7. The van der Waals surface area contributed by atoms with Crippen molar-refractivity contribution in [3.05, 3.63) is 0 Å². The molecule has 2 atom stereocenters. The summed E-state index contributed by atoms with van der Waals surface area (Å²) in [5, 5.41) is 23.4. The van der Waals surface area contributed by atoms with Gasteiger partial charge in [0.15, 0.2) is 0 Å². The van der Waals surface area contributed by atoms with E-state index in [1.807, 2.05) is 27.7 Å². The highest BCUT2D eigenvalue weighted by atomic mass is 16.6. The number of unbranched alkanes of at least 4 members (excludes halogenated alkanes) is 2. The van der Waals surface area contributed by atoms with Crippen molar-refractivity contribution in [3.8, 4) is 0 Å². The number of aliphatic hydroxyl groups is 2. The minimum atomic E-state index is -1.11. The zero-order valence-electron chi connectivity index (χ0n) is 23.1. The van der Waals surface area contributed by atoms with Crippen LogP contribution < -0.4 is 11.1 Å². The molecule has 0 aromatic rings. The summed E-state index contributed by atoms with van der Waals surface area (Å²) in [7, 11) is 0. The van der Waals surface area contributed by atoms with Crippen LogP contribution >= 0.6 is 0 Å². The van der Waals surface area contributed by atoms with E-state index in [9.17, 15) is 15.0 Å². The third-order valence-electron chi connectivity index (χ3n) is 5.57. The normalized spacial score (nSPS) is 15.0. The van der Waals surface area contributed by atoms with Crippen LogP contribution in [0.15, 0.2) is 0 Å². The number of nitrogens with two attached hydrogens (primary N) is 1. The van der Waals surface area contributed by atoms with Gasteiger partial charge in [0.1, 0.15) is 0 Å². The molecule has 0 aliphatic heterocycles. The summed E-state index contributed by atoms with van der Waals surface area (Å²) in [6, 6.07) is 0. The van der Waals surface area contributed by atoms with Crippen LogP contribution in [-0.2, 0) is 19.0 Å². The van der Waals surface area contributed by atoms with Gasteiger partial charge >= 0.3 is 0 Å². The molecule has 8 nitrogen and oxygen atoms in total. The Balaban J connectivity index is 4.89. The van der Waals surface area contributed by atoms with Gasteiger partial charge in [-0.1, -0.05) is 20.3 Å². The van der Waals surface area contributed by atoms with Crippen molar-refractivity contribution in [2.24, 2.45) is 11.7 Å². The van der Waals surface area contributed by atoms with Crippen LogP contribution in [0.5, 0.6) is 0 Å². The second-order valence-electron chi connectivity index (χ2n) is 11.7. The van der Waals surface area contributed by atoms with Crippen LogP contribution in [-0.4, -0.2) is 65.2 Å². The predicted molar refractivity (Wildman–Crippen MR) is 136 cm³/mol. The quantitative estimate of drug-likeness (QED) is 0.142. The molecular formula is C26H54N2O6. The third kappa shape index (κ3) is 20.6. The van der Waals surface area contributed by atoms with Crippen LogP contribution in [0.4, 0.5) is 0 Å². The summed E-state index contributed by atoms with van der Waals surface area (Å²) in [5.41, 5.74) is 3.46. The van der Waals surface area contributed by atoms with Gasteiger partial charge in [0.05, 0.1) is 29.5 Å². The summed E-state index contributed by atoms with van der Waals surface area (Å²) in [4.78, 5) is 10.8. The number of ether oxygens (including phenoxy) is 3. The van der Waals surface area contributed by atoms with Crippen LogP contribution in [0.2, 0.25) is 0 Å². The lowest BCUT2D eigenvalue weighted by Crippen LogP contribution is -2.43. The Morgan fingerprint density at radius 3 is 2.00 bits per heavy atom. The van der Waals surface area contributed by atoms with Gasteiger partial charge in [-0.2, -0.15) is 0 Å². The molecule has 0 fully saturated rings. The molecule has 34 heavy (non-hydrogen) atoms. The average Bonchev–Trinajstić information content (AvgIpc) is 2.61. The van der Waals surface area contributed by atoms with Crippen molar-refractivity contribution in [1.29, 1.82) is 0 Å². The number of hydrogen-bond acceptors (Lipinski definition) is 7. The maximum Gasteiger partial charge on any atom is 0.217 e. The summed E-state index contributed by atoms with van der Waals surface area (Å²) in [5.74, 6) is 0.282. The van der Waals surface area contributed by atoms with Crippen molar-refractivity contribution in [3.63, 3.8) is 0 Å². The molecule has 0 aromatic carbocycles. The van der Waals surface area contributed by atoms with Crippen LogP contribution in [0, 0.1) is 5.92 Å². The Hall–Kier alpha value is -0.770. The van der Waals surface area contributed by atoms with Gasteiger partial charge in [-0.15, -0.1) is 0 Å². The Bertz CT molecular complexity index is 546. The molecule has 0 heterocycles. The highest BCUT2D eigenvalue weighted by Crippen LogP contribution is 2.28. The zero-order valence-corrected chi connectivity index (χ0v) is 23.1. The molecule has 1 amide bonds. The first-order chi connectivity index (χ1) is 15.5. The fourth-order valence-corrected chi connectivity index (χ4v) is 3.59. The topological polar surface area (TPSA) is 123 Å². The Labute approximate surface area is 208 Å². The van der Waals surface area contributed by atoms with Gasteiger partial charge in [0, 0.05) is 25.9 Å². The highest BCUT2D eigenvalue weighted by Gasteiger charge is 2.32. The van der Waals surface area contributed by atoms with E-state index >= 15 is 0 Å². The molecule has 0 aliphatic rings. The first kappa shape index (κ1) is 33.2. The number of carbonyl (C=O) groups is 1.